The lowest BCUT2D eigenvalue weighted by molar-refractivity contribution is -0.125. The van der Waals surface area contributed by atoms with Crippen molar-refractivity contribution in [1.29, 1.82) is 0 Å². The summed E-state index contributed by atoms with van der Waals surface area (Å²) in [5.41, 5.74) is -1.27. The second-order valence-corrected chi connectivity index (χ2v) is 7.43. The predicted octanol–water partition coefficient (Wildman–Crippen LogP) is 1.85. The molecule has 0 aliphatic carbocycles. The van der Waals surface area contributed by atoms with Gasteiger partial charge in [0.05, 0.1) is 12.0 Å². The molecule has 2 aromatic rings. The molecule has 1 unspecified atom stereocenters. The molecule has 0 bridgehead atoms. The van der Waals surface area contributed by atoms with Crippen molar-refractivity contribution in [2.45, 2.75) is 17.4 Å². The largest absolute Gasteiger partial charge is 0.497 e. The summed E-state index contributed by atoms with van der Waals surface area (Å²) in [5, 5.41) is 2.10. The number of rotatable bonds is 4. The lowest BCUT2D eigenvalue weighted by Crippen LogP contribution is -2.47. The van der Waals surface area contributed by atoms with Gasteiger partial charge in [0, 0.05) is 0 Å². The lowest BCUT2D eigenvalue weighted by atomic mass is 9.92. The standard InChI is InChI=1S/C17H16N2O5S/c1-17(12-6-4-3-5-7-12)15(20)18-16(21)19(17)25(22,23)14-10-8-13(24-2)9-11-14/h3-11H,1-2H3,(H,18,20,21). The number of hydrogen-bond acceptors (Lipinski definition) is 5. The zero-order valence-electron chi connectivity index (χ0n) is 13.6. The van der Waals surface area contributed by atoms with Gasteiger partial charge >= 0.3 is 6.03 Å². The third kappa shape index (κ3) is 2.54. The summed E-state index contributed by atoms with van der Waals surface area (Å²) >= 11 is 0. The van der Waals surface area contributed by atoms with Crippen molar-refractivity contribution in [3.63, 3.8) is 0 Å². The van der Waals surface area contributed by atoms with Gasteiger partial charge in [-0.25, -0.2) is 13.2 Å². The van der Waals surface area contributed by atoms with E-state index in [1.54, 1.807) is 30.3 Å². The highest BCUT2D eigenvalue weighted by atomic mass is 32.2. The maximum absolute atomic E-state index is 13.1. The van der Waals surface area contributed by atoms with Gasteiger partial charge in [-0.05, 0) is 36.8 Å². The van der Waals surface area contributed by atoms with Gasteiger partial charge in [0.1, 0.15) is 5.75 Å². The number of carbonyl (C=O) groups is 2. The topological polar surface area (TPSA) is 92.8 Å². The zero-order valence-corrected chi connectivity index (χ0v) is 14.4. The highest BCUT2D eigenvalue weighted by Gasteiger charge is 2.56. The Labute approximate surface area is 145 Å². The van der Waals surface area contributed by atoms with Gasteiger partial charge in [0.15, 0.2) is 5.54 Å². The van der Waals surface area contributed by atoms with Crippen LogP contribution in [0.4, 0.5) is 4.79 Å². The monoisotopic (exact) mass is 360 g/mol. The number of nitrogens with one attached hydrogen (secondary N) is 1. The maximum atomic E-state index is 13.1. The number of carbonyl (C=O) groups excluding carboxylic acids is 2. The van der Waals surface area contributed by atoms with E-state index < -0.39 is 27.5 Å². The van der Waals surface area contributed by atoms with Crippen LogP contribution in [0, 0.1) is 0 Å². The van der Waals surface area contributed by atoms with E-state index in [9.17, 15) is 18.0 Å². The fourth-order valence-corrected chi connectivity index (χ4v) is 4.40. The van der Waals surface area contributed by atoms with Gasteiger partial charge in [0.2, 0.25) is 0 Å². The van der Waals surface area contributed by atoms with Crippen LogP contribution in [0.25, 0.3) is 0 Å². The normalized spacial score (nSPS) is 20.5. The Balaban J connectivity index is 2.14. The summed E-state index contributed by atoms with van der Waals surface area (Å²) in [4.78, 5) is 24.6. The van der Waals surface area contributed by atoms with E-state index in [4.69, 9.17) is 4.74 Å². The molecular weight excluding hydrogens is 344 g/mol. The number of nitrogens with zero attached hydrogens (tertiary/aromatic N) is 1. The van der Waals surface area contributed by atoms with Crippen LogP contribution in [0.3, 0.4) is 0 Å². The van der Waals surface area contributed by atoms with Crippen LogP contribution in [0.15, 0.2) is 59.5 Å². The van der Waals surface area contributed by atoms with E-state index in [0.29, 0.717) is 15.6 Å². The van der Waals surface area contributed by atoms with Gasteiger partial charge in [-0.1, -0.05) is 30.3 Å². The van der Waals surface area contributed by atoms with E-state index >= 15 is 0 Å². The van der Waals surface area contributed by atoms with E-state index in [1.165, 1.54) is 38.3 Å². The van der Waals surface area contributed by atoms with Crippen LogP contribution in [-0.2, 0) is 20.4 Å². The van der Waals surface area contributed by atoms with Gasteiger partial charge in [-0.3, -0.25) is 10.1 Å². The number of amides is 3. The minimum atomic E-state index is -4.26. The average molecular weight is 360 g/mol. The number of urea groups is 1. The van der Waals surface area contributed by atoms with Gasteiger partial charge < -0.3 is 4.74 Å². The Hall–Kier alpha value is -2.87. The molecule has 0 saturated carbocycles. The van der Waals surface area contributed by atoms with Crippen LogP contribution >= 0.6 is 0 Å². The minimum absolute atomic E-state index is 0.111. The van der Waals surface area contributed by atoms with Crippen molar-refractivity contribution in [1.82, 2.24) is 9.62 Å². The summed E-state index contributed by atoms with van der Waals surface area (Å²) in [5.74, 6) is -0.215. The molecule has 3 amide bonds. The lowest BCUT2D eigenvalue weighted by Gasteiger charge is -2.31. The van der Waals surface area contributed by atoms with Gasteiger partial charge in [-0.15, -0.1) is 0 Å². The van der Waals surface area contributed by atoms with E-state index in [0.717, 1.165) is 0 Å². The fraction of sp³-hybridized carbons (Fsp3) is 0.176. The van der Waals surface area contributed by atoms with Crippen molar-refractivity contribution < 1.29 is 22.7 Å². The molecule has 1 saturated heterocycles. The Kier molecular flexibility index (Phi) is 4.00. The summed E-state index contributed by atoms with van der Waals surface area (Å²) in [7, 11) is -2.80. The van der Waals surface area contributed by atoms with Crippen LogP contribution in [0.1, 0.15) is 12.5 Å². The number of benzene rings is 2. The van der Waals surface area contributed by atoms with Crippen LogP contribution in [0.5, 0.6) is 5.75 Å². The van der Waals surface area contributed by atoms with E-state index in [-0.39, 0.29) is 4.90 Å². The first kappa shape index (κ1) is 17.0. The minimum Gasteiger partial charge on any atom is -0.497 e. The highest BCUT2D eigenvalue weighted by molar-refractivity contribution is 7.89. The van der Waals surface area contributed by atoms with Crippen LogP contribution < -0.4 is 10.1 Å². The first-order chi connectivity index (χ1) is 11.8. The Morgan fingerprint density at radius 3 is 2.16 bits per heavy atom. The van der Waals surface area contributed by atoms with Crippen molar-refractivity contribution in [3.05, 3.63) is 60.2 Å². The molecule has 0 radical (unpaired) electrons. The van der Waals surface area contributed by atoms with Crippen molar-refractivity contribution >= 4 is 22.0 Å². The molecule has 3 rings (SSSR count). The molecule has 0 spiro atoms. The molecule has 25 heavy (non-hydrogen) atoms. The molecule has 1 aliphatic heterocycles. The second kappa shape index (κ2) is 5.89. The van der Waals surface area contributed by atoms with Crippen molar-refractivity contribution in [3.8, 4) is 5.75 Å². The number of imide groups is 1. The molecule has 1 N–H and O–H groups in total. The molecular formula is C17H16N2O5S. The van der Waals surface area contributed by atoms with E-state index in [1.807, 2.05) is 0 Å². The molecule has 0 aromatic heterocycles. The third-order valence-corrected chi connectivity index (χ3v) is 6.07. The maximum Gasteiger partial charge on any atom is 0.339 e. The smallest absolute Gasteiger partial charge is 0.339 e. The molecule has 8 heteroatoms. The summed E-state index contributed by atoms with van der Waals surface area (Å²) < 4.78 is 31.7. The zero-order chi connectivity index (χ0) is 18.2. The van der Waals surface area contributed by atoms with Crippen LogP contribution in [-0.4, -0.2) is 31.8 Å². The third-order valence-electron chi connectivity index (χ3n) is 4.19. The molecule has 7 nitrogen and oxygen atoms in total. The number of hydrogen-bond donors (Lipinski definition) is 1. The molecule has 2 aromatic carbocycles. The number of methoxy groups -OCH3 is 1. The predicted molar refractivity (Wildman–Crippen MR) is 89.4 cm³/mol. The van der Waals surface area contributed by atoms with Gasteiger partial charge in [-0.2, -0.15) is 4.31 Å². The SMILES string of the molecule is COc1ccc(S(=O)(=O)N2C(=O)NC(=O)C2(C)c2ccccc2)cc1. The second-order valence-electron chi connectivity index (χ2n) is 5.64. The summed E-state index contributed by atoms with van der Waals surface area (Å²) in [6.45, 7) is 1.41. The first-order valence-electron chi connectivity index (χ1n) is 7.42. The molecule has 130 valence electrons. The van der Waals surface area contributed by atoms with E-state index in [2.05, 4.69) is 5.32 Å². The average Bonchev–Trinajstić information content (AvgIpc) is 2.86. The first-order valence-corrected chi connectivity index (χ1v) is 8.86. The molecule has 1 aliphatic rings. The summed E-state index contributed by atoms with van der Waals surface area (Å²) in [6.07, 6.45) is 0. The van der Waals surface area contributed by atoms with Gasteiger partial charge in [0.25, 0.3) is 15.9 Å². The van der Waals surface area contributed by atoms with Crippen LogP contribution in [0.2, 0.25) is 0 Å². The Bertz CT molecular complexity index is 925. The fourth-order valence-electron chi connectivity index (χ4n) is 2.78. The van der Waals surface area contributed by atoms with Crippen molar-refractivity contribution in [2.75, 3.05) is 7.11 Å². The van der Waals surface area contributed by atoms with Crippen molar-refractivity contribution in [2.24, 2.45) is 0 Å². The Morgan fingerprint density at radius 2 is 1.60 bits per heavy atom. The molecule has 1 fully saturated rings. The summed E-state index contributed by atoms with van der Waals surface area (Å²) in [6, 6.07) is 12.9. The Morgan fingerprint density at radius 1 is 1.00 bits per heavy atom. The highest BCUT2D eigenvalue weighted by Crippen LogP contribution is 2.37. The number of ether oxygens (including phenoxy) is 1. The quantitative estimate of drug-likeness (QED) is 0.840. The molecule has 1 atom stereocenters. The number of sulfonamides is 1. The molecule has 1 heterocycles.